The number of aromatic nitrogens is 3. The van der Waals surface area contributed by atoms with E-state index in [2.05, 4.69) is 22.0 Å². The lowest BCUT2D eigenvalue weighted by atomic mass is 9.92. The molecule has 2 aromatic heterocycles. The van der Waals surface area contributed by atoms with Gasteiger partial charge in [-0.05, 0) is 62.8 Å². The second-order valence-corrected chi connectivity index (χ2v) is 12.2. The van der Waals surface area contributed by atoms with Crippen LogP contribution in [0, 0.1) is 6.92 Å². The number of benzene rings is 1. The summed E-state index contributed by atoms with van der Waals surface area (Å²) >= 11 is 0. The van der Waals surface area contributed by atoms with Gasteiger partial charge in [0.2, 0.25) is 0 Å². The van der Waals surface area contributed by atoms with E-state index in [0.717, 1.165) is 53.7 Å². The van der Waals surface area contributed by atoms with Crippen LogP contribution < -0.4 is 9.64 Å². The molecule has 0 saturated carbocycles. The number of sulfone groups is 1. The molecule has 0 bridgehead atoms. The number of nitrogens with one attached hydrogen (secondary N) is 1. The summed E-state index contributed by atoms with van der Waals surface area (Å²) in [4.78, 5) is 15.7. The van der Waals surface area contributed by atoms with Crippen molar-refractivity contribution in [1.82, 2.24) is 15.0 Å². The van der Waals surface area contributed by atoms with Gasteiger partial charge in [-0.15, -0.1) is 0 Å². The summed E-state index contributed by atoms with van der Waals surface area (Å²) in [5, 5.41) is 1.02. The van der Waals surface area contributed by atoms with Crippen LogP contribution in [0.4, 0.5) is 5.82 Å². The Bertz CT molecular complexity index is 1360. The van der Waals surface area contributed by atoms with Crippen molar-refractivity contribution in [3.63, 3.8) is 0 Å². The van der Waals surface area contributed by atoms with E-state index in [4.69, 9.17) is 19.4 Å². The third kappa shape index (κ3) is 3.32. The molecule has 6 rings (SSSR count). The molecule has 5 heterocycles. The highest BCUT2D eigenvalue weighted by molar-refractivity contribution is 7.91. The molecule has 3 aliphatic rings. The minimum Gasteiger partial charge on any atom is -0.486 e. The first kappa shape index (κ1) is 21.9. The molecule has 0 aliphatic carbocycles. The third-order valence-electron chi connectivity index (χ3n) is 7.66. The average Bonchev–Trinajstić information content (AvgIpc) is 3.31. The lowest BCUT2D eigenvalue weighted by Crippen LogP contribution is -2.48. The molecule has 0 spiro atoms. The number of rotatable bonds is 3. The predicted octanol–water partition coefficient (Wildman–Crippen LogP) is 3.73. The number of aryl methyl sites for hydroxylation is 1. The first-order valence-electron chi connectivity index (χ1n) is 12.0. The van der Waals surface area contributed by atoms with Gasteiger partial charge in [-0.25, -0.2) is 18.4 Å². The van der Waals surface area contributed by atoms with Gasteiger partial charge in [0.15, 0.2) is 27.2 Å². The maximum Gasteiger partial charge on any atom is 0.185 e. The molecule has 0 unspecified atom stereocenters. The fraction of sp³-hybridized carbons (Fsp3) is 0.520. The molecule has 3 aliphatic heterocycles. The molecule has 2 saturated heterocycles. The van der Waals surface area contributed by atoms with Crippen molar-refractivity contribution in [2.24, 2.45) is 0 Å². The van der Waals surface area contributed by atoms with Gasteiger partial charge in [0.05, 0.1) is 6.04 Å². The van der Waals surface area contributed by atoms with Crippen molar-refractivity contribution < 1.29 is 17.9 Å². The third-order valence-corrected chi connectivity index (χ3v) is 9.68. The number of nitrogens with zero attached hydrogens (tertiary/aromatic N) is 3. The van der Waals surface area contributed by atoms with Gasteiger partial charge in [-0.1, -0.05) is 0 Å². The van der Waals surface area contributed by atoms with Gasteiger partial charge in [0.1, 0.15) is 17.0 Å². The zero-order valence-electron chi connectivity index (χ0n) is 19.6. The normalized spacial score (nSPS) is 22.2. The van der Waals surface area contributed by atoms with Crippen molar-refractivity contribution in [3.05, 3.63) is 35.7 Å². The number of fused-ring (bicyclic) bond motifs is 4. The Morgan fingerprint density at radius 2 is 2.00 bits per heavy atom. The fourth-order valence-electron chi connectivity index (χ4n) is 5.81. The first-order valence-corrected chi connectivity index (χ1v) is 13.9. The highest BCUT2D eigenvalue weighted by atomic mass is 32.2. The molecule has 180 valence electrons. The summed E-state index contributed by atoms with van der Waals surface area (Å²) in [7, 11) is -3.52. The lowest BCUT2D eigenvalue weighted by molar-refractivity contribution is 0.0719. The molecule has 9 heteroatoms. The first-order chi connectivity index (χ1) is 16.4. The molecule has 0 radical (unpaired) electrons. The van der Waals surface area contributed by atoms with E-state index in [1.54, 1.807) is 0 Å². The second-order valence-electron chi connectivity index (χ2n) is 9.83. The molecule has 0 amide bonds. The molecule has 1 aromatic carbocycles. The monoisotopic (exact) mass is 482 g/mol. The Hall–Kier alpha value is -2.65. The Labute approximate surface area is 199 Å². The van der Waals surface area contributed by atoms with Gasteiger partial charge in [0, 0.05) is 48.7 Å². The Kier molecular flexibility index (Phi) is 5.11. The number of hydrogen-bond acceptors (Lipinski definition) is 7. The van der Waals surface area contributed by atoms with Gasteiger partial charge >= 0.3 is 0 Å². The molecule has 3 aromatic rings. The van der Waals surface area contributed by atoms with Crippen LogP contribution in [0.15, 0.2) is 24.4 Å². The largest absolute Gasteiger partial charge is 0.486 e. The van der Waals surface area contributed by atoms with Crippen molar-refractivity contribution in [1.29, 1.82) is 0 Å². The highest BCUT2D eigenvalue weighted by Crippen LogP contribution is 2.49. The van der Waals surface area contributed by atoms with Crippen LogP contribution in [0.5, 0.6) is 5.75 Å². The van der Waals surface area contributed by atoms with Crippen molar-refractivity contribution in [2.75, 3.05) is 37.5 Å². The van der Waals surface area contributed by atoms with Gasteiger partial charge in [-0.3, -0.25) is 0 Å². The van der Waals surface area contributed by atoms with E-state index < -0.39 is 14.6 Å². The predicted molar refractivity (Wildman–Crippen MR) is 131 cm³/mol. The Morgan fingerprint density at radius 1 is 1.18 bits per heavy atom. The van der Waals surface area contributed by atoms with Crippen molar-refractivity contribution >= 4 is 26.6 Å². The summed E-state index contributed by atoms with van der Waals surface area (Å²) in [5.41, 5.74) is 3.49. The van der Waals surface area contributed by atoms with Crippen LogP contribution in [-0.2, 0) is 19.3 Å². The molecule has 2 fully saturated rings. The number of anilines is 1. The zero-order valence-corrected chi connectivity index (χ0v) is 20.5. The van der Waals surface area contributed by atoms with E-state index in [1.807, 2.05) is 19.2 Å². The molecule has 8 nitrogen and oxygen atoms in total. The van der Waals surface area contributed by atoms with Gasteiger partial charge in [0.25, 0.3) is 0 Å². The van der Waals surface area contributed by atoms with E-state index in [0.29, 0.717) is 49.9 Å². The van der Waals surface area contributed by atoms with E-state index >= 15 is 0 Å². The summed E-state index contributed by atoms with van der Waals surface area (Å²) in [6, 6.07) is 6.45. The second kappa shape index (κ2) is 7.95. The number of aromatic amines is 1. The van der Waals surface area contributed by atoms with Crippen molar-refractivity contribution in [3.8, 4) is 17.1 Å². The minimum absolute atomic E-state index is 0.255. The molecular weight excluding hydrogens is 452 g/mol. The van der Waals surface area contributed by atoms with Crippen LogP contribution in [-0.4, -0.2) is 62.0 Å². The van der Waals surface area contributed by atoms with Crippen LogP contribution in [0.1, 0.15) is 43.4 Å². The number of piperidine rings is 1. The Morgan fingerprint density at radius 3 is 2.79 bits per heavy atom. The maximum atomic E-state index is 13.4. The van der Waals surface area contributed by atoms with Gasteiger partial charge in [-0.2, -0.15) is 0 Å². The van der Waals surface area contributed by atoms with E-state index in [-0.39, 0.29) is 6.04 Å². The maximum absolute atomic E-state index is 13.4. The molecular formula is C25H30N4O4S. The summed E-state index contributed by atoms with van der Waals surface area (Å²) < 4.78 is 37.5. The number of H-pyrrole nitrogens is 1. The minimum atomic E-state index is -3.52. The highest BCUT2D eigenvalue weighted by Gasteiger charge is 2.49. The van der Waals surface area contributed by atoms with Gasteiger partial charge < -0.3 is 19.4 Å². The lowest BCUT2D eigenvalue weighted by Gasteiger charge is -2.43. The van der Waals surface area contributed by atoms with Crippen molar-refractivity contribution in [2.45, 2.75) is 49.8 Å². The average molecular weight is 483 g/mol. The van der Waals surface area contributed by atoms with Crippen LogP contribution in [0.2, 0.25) is 0 Å². The smallest absolute Gasteiger partial charge is 0.185 e. The number of ether oxygens (including phenoxy) is 2. The standard InChI is InChI=1S/C25H30N4O4S/c1-16-13-19(18-6-9-26-20(18)14-16)23-27-22(25(34(2,30)31)7-11-32-12-8-25)21-24(28-23)29-10-4-3-5-17(29)15-33-21/h6,9,13-14,17,26H,3-5,7-8,10-12,15H2,1-2H3/t17-/m0/s1. The molecule has 34 heavy (non-hydrogen) atoms. The summed E-state index contributed by atoms with van der Waals surface area (Å²) in [6.07, 6.45) is 7.23. The summed E-state index contributed by atoms with van der Waals surface area (Å²) in [5.74, 6) is 1.81. The Balaban J connectivity index is 1.65. The quantitative estimate of drug-likeness (QED) is 0.607. The number of hydrogen-bond donors (Lipinski definition) is 1. The zero-order chi connectivity index (χ0) is 23.5. The molecule has 1 atom stereocenters. The fourth-order valence-corrected chi connectivity index (χ4v) is 7.21. The SMILES string of the molecule is Cc1cc(-c2nc3c(c(C4(S(C)(=O)=O)CCOCC4)n2)OC[C@@H]2CCCCN32)c2cc[nH]c2c1. The van der Waals surface area contributed by atoms with Crippen LogP contribution in [0.3, 0.4) is 0 Å². The van der Waals surface area contributed by atoms with E-state index in [9.17, 15) is 8.42 Å². The van der Waals surface area contributed by atoms with E-state index in [1.165, 1.54) is 6.26 Å². The topological polar surface area (TPSA) is 97.4 Å². The molecule has 1 N–H and O–H groups in total. The summed E-state index contributed by atoms with van der Waals surface area (Å²) in [6.45, 7) is 4.22. The van der Waals surface area contributed by atoms with Crippen LogP contribution in [0.25, 0.3) is 22.3 Å². The van der Waals surface area contributed by atoms with Crippen LogP contribution >= 0.6 is 0 Å².